The van der Waals surface area contributed by atoms with Crippen molar-refractivity contribution >= 4 is 23.2 Å². The predicted molar refractivity (Wildman–Crippen MR) is 116 cm³/mol. The first kappa shape index (κ1) is 17.9. The van der Waals surface area contributed by atoms with E-state index in [9.17, 15) is 0 Å². The molecule has 0 amide bonds. The highest BCUT2D eigenvalue weighted by Gasteiger charge is 2.19. The minimum absolute atomic E-state index is 0.0563. The number of hydrogen-bond acceptors (Lipinski definition) is 0. The van der Waals surface area contributed by atoms with Crippen molar-refractivity contribution in [1.29, 1.82) is 0 Å². The molecule has 4 aromatic carbocycles. The molecular weight excluding hydrogens is 371 g/mol. The van der Waals surface area contributed by atoms with Gasteiger partial charge in [-0.2, -0.15) is 0 Å². The molecule has 0 aliphatic carbocycles. The molecule has 0 aliphatic rings. The van der Waals surface area contributed by atoms with Crippen LogP contribution >= 0.6 is 23.2 Å². The minimum atomic E-state index is 0.0563. The van der Waals surface area contributed by atoms with Crippen LogP contribution in [0, 0.1) is 0 Å². The number of halogens is 2. The first-order valence-corrected chi connectivity index (χ1v) is 9.63. The molecule has 0 spiro atoms. The number of rotatable bonds is 4. The molecule has 0 fully saturated rings. The Kier molecular flexibility index (Phi) is 5.29. The first-order valence-electron chi connectivity index (χ1n) is 8.87. The molecule has 0 bridgehead atoms. The van der Waals surface area contributed by atoms with E-state index in [4.69, 9.17) is 23.2 Å². The second-order valence-corrected chi connectivity index (χ2v) is 7.34. The Hall–Kier alpha value is -2.54. The van der Waals surface area contributed by atoms with Gasteiger partial charge in [0.1, 0.15) is 0 Å². The number of hydrogen-bond donors (Lipinski definition) is 0. The fourth-order valence-electron chi connectivity index (χ4n) is 3.43. The molecule has 0 radical (unpaired) electrons. The van der Waals surface area contributed by atoms with Gasteiger partial charge in [-0.25, -0.2) is 0 Å². The van der Waals surface area contributed by atoms with E-state index in [-0.39, 0.29) is 5.92 Å². The van der Waals surface area contributed by atoms with Crippen LogP contribution in [-0.4, -0.2) is 0 Å². The van der Waals surface area contributed by atoms with Gasteiger partial charge in [-0.15, -0.1) is 0 Å². The second-order valence-electron chi connectivity index (χ2n) is 6.50. The SMILES string of the molecule is Clc1ccc(C(c2ccccc2)c2ccc(-c3ccccc3)cc2)c(Cl)c1. The van der Waals surface area contributed by atoms with Crippen LogP contribution in [0.15, 0.2) is 103 Å². The lowest BCUT2D eigenvalue weighted by Gasteiger charge is -2.20. The zero-order valence-electron chi connectivity index (χ0n) is 14.6. The molecular formula is C25H18Cl2. The lowest BCUT2D eigenvalue weighted by atomic mass is 9.84. The fourth-order valence-corrected chi connectivity index (χ4v) is 3.95. The van der Waals surface area contributed by atoms with Crippen molar-refractivity contribution in [1.82, 2.24) is 0 Å². The highest BCUT2D eigenvalue weighted by Crippen LogP contribution is 2.37. The minimum Gasteiger partial charge on any atom is -0.0843 e. The van der Waals surface area contributed by atoms with Crippen molar-refractivity contribution in [3.63, 3.8) is 0 Å². The maximum absolute atomic E-state index is 6.57. The molecule has 0 N–H and O–H groups in total. The topological polar surface area (TPSA) is 0 Å². The van der Waals surface area contributed by atoms with Crippen molar-refractivity contribution < 1.29 is 0 Å². The molecule has 4 rings (SSSR count). The Labute approximate surface area is 170 Å². The molecule has 27 heavy (non-hydrogen) atoms. The van der Waals surface area contributed by atoms with Gasteiger partial charge < -0.3 is 0 Å². The van der Waals surface area contributed by atoms with Crippen molar-refractivity contribution in [2.24, 2.45) is 0 Å². The van der Waals surface area contributed by atoms with Crippen LogP contribution < -0.4 is 0 Å². The van der Waals surface area contributed by atoms with E-state index in [2.05, 4.69) is 72.8 Å². The summed E-state index contributed by atoms with van der Waals surface area (Å²) >= 11 is 12.7. The van der Waals surface area contributed by atoms with Crippen LogP contribution in [0.4, 0.5) is 0 Å². The van der Waals surface area contributed by atoms with Crippen molar-refractivity contribution in [2.75, 3.05) is 0 Å². The highest BCUT2D eigenvalue weighted by molar-refractivity contribution is 6.35. The highest BCUT2D eigenvalue weighted by atomic mass is 35.5. The third-order valence-corrected chi connectivity index (χ3v) is 5.32. The van der Waals surface area contributed by atoms with Crippen LogP contribution in [0.3, 0.4) is 0 Å². The molecule has 0 nitrogen and oxygen atoms in total. The van der Waals surface area contributed by atoms with Crippen LogP contribution in [0.5, 0.6) is 0 Å². The monoisotopic (exact) mass is 388 g/mol. The van der Waals surface area contributed by atoms with Crippen LogP contribution in [0.25, 0.3) is 11.1 Å². The summed E-state index contributed by atoms with van der Waals surface area (Å²) in [6, 6.07) is 35.3. The quantitative estimate of drug-likeness (QED) is 0.312. The molecule has 0 heterocycles. The summed E-state index contributed by atoms with van der Waals surface area (Å²) in [6.45, 7) is 0. The molecule has 0 aliphatic heterocycles. The maximum atomic E-state index is 6.57. The fraction of sp³-hybridized carbons (Fsp3) is 0.0400. The molecule has 1 unspecified atom stereocenters. The van der Waals surface area contributed by atoms with Gasteiger partial charge in [0.05, 0.1) is 0 Å². The van der Waals surface area contributed by atoms with Gasteiger partial charge in [0.2, 0.25) is 0 Å². The van der Waals surface area contributed by atoms with Gasteiger partial charge in [0.25, 0.3) is 0 Å². The Morgan fingerprint density at radius 3 is 1.70 bits per heavy atom. The van der Waals surface area contributed by atoms with E-state index in [0.29, 0.717) is 10.0 Å². The lowest BCUT2D eigenvalue weighted by molar-refractivity contribution is 0.978. The molecule has 132 valence electrons. The Balaban J connectivity index is 1.79. The van der Waals surface area contributed by atoms with E-state index in [1.807, 2.05) is 30.3 Å². The summed E-state index contributed by atoms with van der Waals surface area (Å²) in [6.07, 6.45) is 0. The summed E-state index contributed by atoms with van der Waals surface area (Å²) < 4.78 is 0. The van der Waals surface area contributed by atoms with Crippen molar-refractivity contribution in [3.8, 4) is 11.1 Å². The average molecular weight is 389 g/mol. The zero-order valence-corrected chi connectivity index (χ0v) is 16.2. The van der Waals surface area contributed by atoms with Crippen LogP contribution in [0.1, 0.15) is 22.6 Å². The van der Waals surface area contributed by atoms with Crippen LogP contribution in [0.2, 0.25) is 10.0 Å². The molecule has 2 heteroatoms. The third kappa shape index (κ3) is 3.93. The molecule has 0 saturated heterocycles. The van der Waals surface area contributed by atoms with Crippen molar-refractivity contribution in [3.05, 3.63) is 130 Å². The lowest BCUT2D eigenvalue weighted by Crippen LogP contribution is -2.04. The van der Waals surface area contributed by atoms with Gasteiger partial charge in [-0.05, 0) is 39.9 Å². The molecule has 0 aromatic heterocycles. The van der Waals surface area contributed by atoms with E-state index in [0.717, 1.165) is 5.56 Å². The molecule has 1 atom stereocenters. The van der Waals surface area contributed by atoms with E-state index < -0.39 is 0 Å². The summed E-state index contributed by atoms with van der Waals surface area (Å²) in [7, 11) is 0. The largest absolute Gasteiger partial charge is 0.0843 e. The van der Waals surface area contributed by atoms with Gasteiger partial charge in [0.15, 0.2) is 0 Å². The number of benzene rings is 4. The van der Waals surface area contributed by atoms with E-state index in [1.54, 1.807) is 0 Å². The summed E-state index contributed by atoms with van der Waals surface area (Å²) in [5.41, 5.74) is 5.87. The summed E-state index contributed by atoms with van der Waals surface area (Å²) in [5, 5.41) is 1.33. The second kappa shape index (κ2) is 8.00. The Bertz CT molecular complexity index is 1020. The van der Waals surface area contributed by atoms with E-state index >= 15 is 0 Å². The molecule has 0 saturated carbocycles. The average Bonchev–Trinajstić information content (AvgIpc) is 2.72. The van der Waals surface area contributed by atoms with Gasteiger partial charge in [0, 0.05) is 16.0 Å². The third-order valence-electron chi connectivity index (χ3n) is 4.76. The van der Waals surface area contributed by atoms with Gasteiger partial charge >= 0.3 is 0 Å². The standard InChI is InChI=1S/C25H18Cl2/c26-22-15-16-23(24(27)17-22)25(20-9-5-2-6-10-20)21-13-11-19(12-14-21)18-7-3-1-4-8-18/h1-17,25H. The van der Waals surface area contributed by atoms with E-state index in [1.165, 1.54) is 22.3 Å². The summed E-state index contributed by atoms with van der Waals surface area (Å²) in [4.78, 5) is 0. The summed E-state index contributed by atoms with van der Waals surface area (Å²) in [5.74, 6) is 0.0563. The van der Waals surface area contributed by atoms with Gasteiger partial charge in [-0.3, -0.25) is 0 Å². The smallest absolute Gasteiger partial charge is 0.0462 e. The van der Waals surface area contributed by atoms with Crippen molar-refractivity contribution in [2.45, 2.75) is 5.92 Å². The normalized spacial score (nSPS) is 11.9. The Morgan fingerprint density at radius 2 is 1.07 bits per heavy atom. The maximum Gasteiger partial charge on any atom is 0.0462 e. The zero-order chi connectivity index (χ0) is 18.6. The first-order chi connectivity index (χ1) is 13.2. The van der Waals surface area contributed by atoms with Crippen LogP contribution in [-0.2, 0) is 0 Å². The Morgan fingerprint density at radius 1 is 0.519 bits per heavy atom. The van der Waals surface area contributed by atoms with Gasteiger partial charge in [-0.1, -0.05) is 114 Å². The molecule has 4 aromatic rings. The predicted octanol–water partition coefficient (Wildman–Crippen LogP) is 7.84.